The number of hydrazine groups is 1. The van der Waals surface area contributed by atoms with Crippen molar-refractivity contribution in [1.82, 2.24) is 15.0 Å². The van der Waals surface area contributed by atoms with Gasteiger partial charge in [-0.1, -0.05) is 23.7 Å². The van der Waals surface area contributed by atoms with Gasteiger partial charge in [0.2, 0.25) is 0 Å². The maximum atomic E-state index is 6.30. The zero-order chi connectivity index (χ0) is 13.1. The van der Waals surface area contributed by atoms with E-state index in [1.165, 1.54) is 0 Å². The van der Waals surface area contributed by atoms with Gasteiger partial charge in [-0.3, -0.25) is 5.84 Å². The van der Waals surface area contributed by atoms with Crippen molar-refractivity contribution >= 4 is 27.5 Å². The number of halogens is 2. The Morgan fingerprint density at radius 3 is 3.00 bits per heavy atom. The van der Waals surface area contributed by atoms with Crippen LogP contribution in [0.2, 0.25) is 5.02 Å². The average molecular weight is 330 g/mol. The predicted molar refractivity (Wildman–Crippen MR) is 76.2 cm³/mol. The fourth-order valence-electron chi connectivity index (χ4n) is 1.90. The van der Waals surface area contributed by atoms with E-state index in [4.69, 9.17) is 17.4 Å². The number of nitrogens with zero attached hydrogens (tertiary/aromatic N) is 2. The van der Waals surface area contributed by atoms with Gasteiger partial charge >= 0.3 is 0 Å². The van der Waals surface area contributed by atoms with Crippen LogP contribution in [-0.2, 0) is 6.54 Å². The normalized spacial score (nSPS) is 12.7. The zero-order valence-electron chi connectivity index (χ0n) is 9.90. The molecule has 0 saturated carbocycles. The van der Waals surface area contributed by atoms with Gasteiger partial charge in [-0.2, -0.15) is 0 Å². The quantitative estimate of drug-likeness (QED) is 0.670. The van der Waals surface area contributed by atoms with Crippen LogP contribution in [0.15, 0.2) is 35.1 Å². The molecule has 3 N–H and O–H groups in total. The van der Waals surface area contributed by atoms with Gasteiger partial charge < -0.3 is 4.57 Å². The molecule has 0 aliphatic carbocycles. The van der Waals surface area contributed by atoms with Crippen LogP contribution in [-0.4, -0.2) is 9.55 Å². The molecule has 0 bridgehead atoms. The molecule has 1 unspecified atom stereocenters. The van der Waals surface area contributed by atoms with Crippen LogP contribution >= 0.6 is 27.5 Å². The van der Waals surface area contributed by atoms with E-state index in [9.17, 15) is 0 Å². The van der Waals surface area contributed by atoms with E-state index in [-0.39, 0.29) is 6.04 Å². The summed E-state index contributed by atoms with van der Waals surface area (Å²) in [6.45, 7) is 2.89. The molecule has 1 aromatic carbocycles. The van der Waals surface area contributed by atoms with E-state index in [1.54, 1.807) is 6.20 Å². The van der Waals surface area contributed by atoms with Crippen LogP contribution in [0.25, 0.3) is 0 Å². The fraction of sp³-hybridized carbons (Fsp3) is 0.250. The molecule has 2 rings (SSSR count). The van der Waals surface area contributed by atoms with Gasteiger partial charge in [-0.15, -0.1) is 0 Å². The van der Waals surface area contributed by atoms with Crippen molar-refractivity contribution in [3.05, 3.63) is 51.5 Å². The molecule has 0 aliphatic rings. The second kappa shape index (κ2) is 5.84. The van der Waals surface area contributed by atoms with E-state index in [1.807, 2.05) is 29.0 Å². The Labute approximate surface area is 119 Å². The first kappa shape index (κ1) is 13.5. The summed E-state index contributed by atoms with van der Waals surface area (Å²) in [6.07, 6.45) is 3.68. The number of rotatable bonds is 4. The molecule has 1 heterocycles. The van der Waals surface area contributed by atoms with Crippen molar-refractivity contribution in [3.8, 4) is 0 Å². The van der Waals surface area contributed by atoms with E-state index in [0.29, 0.717) is 5.02 Å². The molecule has 1 atom stereocenters. The van der Waals surface area contributed by atoms with Gasteiger partial charge in [0.25, 0.3) is 0 Å². The SMILES string of the molecule is CCn1ccnc1C(NN)c1cccc(Br)c1Cl. The number of nitrogens with one attached hydrogen (secondary N) is 1. The van der Waals surface area contributed by atoms with Crippen molar-refractivity contribution in [2.24, 2.45) is 5.84 Å². The van der Waals surface area contributed by atoms with Crippen LogP contribution in [0, 0.1) is 0 Å². The smallest absolute Gasteiger partial charge is 0.131 e. The Kier molecular flexibility index (Phi) is 4.40. The monoisotopic (exact) mass is 328 g/mol. The summed E-state index contributed by atoms with van der Waals surface area (Å²) in [4.78, 5) is 4.35. The third-order valence-electron chi connectivity index (χ3n) is 2.81. The third-order valence-corrected chi connectivity index (χ3v) is 4.12. The Hall–Kier alpha value is -0.880. The zero-order valence-corrected chi connectivity index (χ0v) is 12.2. The van der Waals surface area contributed by atoms with Crippen LogP contribution in [0.1, 0.15) is 24.4 Å². The number of hydrogen-bond donors (Lipinski definition) is 2. The highest BCUT2D eigenvalue weighted by atomic mass is 79.9. The molecule has 0 aliphatic heterocycles. The molecule has 0 radical (unpaired) electrons. The lowest BCUT2D eigenvalue weighted by atomic mass is 10.1. The number of nitrogens with two attached hydrogens (primary N) is 1. The molecule has 4 nitrogen and oxygen atoms in total. The molecule has 0 amide bonds. The minimum absolute atomic E-state index is 0.232. The van der Waals surface area contributed by atoms with E-state index < -0.39 is 0 Å². The Bertz CT molecular complexity index is 541. The molecule has 0 saturated heterocycles. The summed E-state index contributed by atoms with van der Waals surface area (Å²) in [5, 5.41) is 0.645. The molecule has 2 aromatic rings. The second-order valence-electron chi connectivity index (χ2n) is 3.81. The van der Waals surface area contributed by atoms with Gasteiger partial charge in [-0.25, -0.2) is 10.4 Å². The highest BCUT2D eigenvalue weighted by molar-refractivity contribution is 9.10. The minimum atomic E-state index is -0.232. The number of benzene rings is 1. The van der Waals surface area contributed by atoms with Crippen molar-refractivity contribution in [3.63, 3.8) is 0 Å². The summed E-state index contributed by atoms with van der Waals surface area (Å²) in [6, 6.07) is 5.53. The first-order valence-electron chi connectivity index (χ1n) is 5.60. The van der Waals surface area contributed by atoms with Crippen LogP contribution in [0.5, 0.6) is 0 Å². The minimum Gasteiger partial charge on any atom is -0.334 e. The lowest BCUT2D eigenvalue weighted by Gasteiger charge is -2.18. The number of aromatic nitrogens is 2. The molecule has 1 aromatic heterocycles. The summed E-state index contributed by atoms with van der Waals surface area (Å²) in [5.74, 6) is 6.51. The molecular formula is C12H14BrClN4. The second-order valence-corrected chi connectivity index (χ2v) is 5.05. The maximum absolute atomic E-state index is 6.30. The predicted octanol–water partition coefficient (Wildman–Crippen LogP) is 2.87. The molecule has 0 fully saturated rings. The molecule has 96 valence electrons. The van der Waals surface area contributed by atoms with Crippen molar-refractivity contribution in [1.29, 1.82) is 0 Å². The molecule has 18 heavy (non-hydrogen) atoms. The standard InChI is InChI=1S/C12H14BrClN4/c1-2-18-7-6-16-12(18)11(17-15)8-4-3-5-9(13)10(8)14/h3-7,11,17H,2,15H2,1H3. The van der Waals surface area contributed by atoms with Gasteiger partial charge in [0.15, 0.2) is 0 Å². The lowest BCUT2D eigenvalue weighted by Crippen LogP contribution is -2.31. The van der Waals surface area contributed by atoms with Crippen molar-refractivity contribution in [2.45, 2.75) is 19.5 Å². The summed E-state index contributed by atoms with van der Waals surface area (Å²) in [5.41, 5.74) is 3.67. The Morgan fingerprint density at radius 2 is 2.33 bits per heavy atom. The van der Waals surface area contributed by atoms with Crippen LogP contribution < -0.4 is 11.3 Å². The highest BCUT2D eigenvalue weighted by Gasteiger charge is 2.20. The fourth-order valence-corrected chi connectivity index (χ4v) is 2.51. The van der Waals surface area contributed by atoms with Crippen LogP contribution in [0.3, 0.4) is 0 Å². The average Bonchev–Trinajstić information content (AvgIpc) is 2.83. The topological polar surface area (TPSA) is 55.9 Å². The van der Waals surface area contributed by atoms with E-state index >= 15 is 0 Å². The van der Waals surface area contributed by atoms with Crippen LogP contribution in [0.4, 0.5) is 0 Å². The van der Waals surface area contributed by atoms with E-state index in [2.05, 4.69) is 33.3 Å². The first-order chi connectivity index (χ1) is 8.69. The molecular weight excluding hydrogens is 316 g/mol. The van der Waals surface area contributed by atoms with Gasteiger partial charge in [0.1, 0.15) is 11.9 Å². The summed E-state index contributed by atoms with van der Waals surface area (Å²) >= 11 is 9.71. The molecule has 6 heteroatoms. The Balaban J connectivity index is 2.49. The van der Waals surface area contributed by atoms with Gasteiger partial charge in [0, 0.05) is 23.4 Å². The Morgan fingerprint density at radius 1 is 1.56 bits per heavy atom. The number of aryl methyl sites for hydroxylation is 1. The van der Waals surface area contributed by atoms with Crippen molar-refractivity contribution < 1.29 is 0 Å². The summed E-state index contributed by atoms with van der Waals surface area (Å²) < 4.78 is 2.87. The number of hydrogen-bond acceptors (Lipinski definition) is 3. The number of imidazole rings is 1. The molecule has 0 spiro atoms. The first-order valence-corrected chi connectivity index (χ1v) is 6.77. The lowest BCUT2D eigenvalue weighted by molar-refractivity contribution is 0.561. The maximum Gasteiger partial charge on any atom is 0.131 e. The van der Waals surface area contributed by atoms with E-state index in [0.717, 1.165) is 22.4 Å². The van der Waals surface area contributed by atoms with Gasteiger partial charge in [0.05, 0.1) is 5.02 Å². The third kappa shape index (κ3) is 2.44. The summed E-state index contributed by atoms with van der Waals surface area (Å²) in [7, 11) is 0. The largest absolute Gasteiger partial charge is 0.334 e. The van der Waals surface area contributed by atoms with Crippen molar-refractivity contribution in [2.75, 3.05) is 0 Å². The van der Waals surface area contributed by atoms with Gasteiger partial charge in [-0.05, 0) is 34.5 Å². The highest BCUT2D eigenvalue weighted by Crippen LogP contribution is 2.32.